The standard InChI is InChI=1S/C15H14BrNOS/c1-17(10-11-6-2-4-8-13(11)16)15(18)12-7-3-5-9-14(12)19/h2-9,19H,10H2,1H3. The fourth-order valence-electron chi connectivity index (χ4n) is 1.81. The Morgan fingerprint density at radius 2 is 1.79 bits per heavy atom. The first kappa shape index (κ1) is 14.2. The predicted octanol–water partition coefficient (Wildman–Crippen LogP) is 4.01. The minimum absolute atomic E-state index is 0.0265. The van der Waals surface area contributed by atoms with Gasteiger partial charge in [-0.15, -0.1) is 12.6 Å². The molecular formula is C15H14BrNOS. The normalized spacial score (nSPS) is 10.3. The molecule has 0 saturated heterocycles. The average molecular weight is 336 g/mol. The van der Waals surface area contributed by atoms with Crippen LogP contribution in [0, 0.1) is 0 Å². The molecule has 0 saturated carbocycles. The third-order valence-corrected chi connectivity index (χ3v) is 4.01. The molecular weight excluding hydrogens is 322 g/mol. The molecule has 0 aliphatic rings. The van der Waals surface area contributed by atoms with E-state index in [1.165, 1.54) is 0 Å². The second-order valence-corrected chi connectivity index (χ2v) is 5.61. The van der Waals surface area contributed by atoms with Crippen LogP contribution < -0.4 is 0 Å². The van der Waals surface area contributed by atoms with Gasteiger partial charge in [0.2, 0.25) is 0 Å². The number of carbonyl (C=O) groups is 1. The molecule has 0 aliphatic carbocycles. The van der Waals surface area contributed by atoms with E-state index in [0.29, 0.717) is 17.0 Å². The summed E-state index contributed by atoms with van der Waals surface area (Å²) in [5.41, 5.74) is 1.70. The summed E-state index contributed by atoms with van der Waals surface area (Å²) in [6, 6.07) is 15.2. The average Bonchev–Trinajstić information content (AvgIpc) is 2.41. The van der Waals surface area contributed by atoms with Crippen molar-refractivity contribution in [1.29, 1.82) is 0 Å². The van der Waals surface area contributed by atoms with Gasteiger partial charge in [0, 0.05) is 23.0 Å². The number of nitrogens with zero attached hydrogens (tertiary/aromatic N) is 1. The van der Waals surface area contributed by atoms with Gasteiger partial charge in [-0.3, -0.25) is 4.79 Å². The van der Waals surface area contributed by atoms with Crippen molar-refractivity contribution >= 4 is 34.5 Å². The molecule has 0 N–H and O–H groups in total. The second kappa shape index (κ2) is 6.26. The molecule has 0 aliphatic heterocycles. The largest absolute Gasteiger partial charge is 0.337 e. The molecule has 0 spiro atoms. The number of halogens is 1. The zero-order valence-corrected chi connectivity index (χ0v) is 13.0. The Morgan fingerprint density at radius 1 is 1.16 bits per heavy atom. The van der Waals surface area contributed by atoms with Gasteiger partial charge >= 0.3 is 0 Å². The summed E-state index contributed by atoms with van der Waals surface area (Å²) in [7, 11) is 1.79. The summed E-state index contributed by atoms with van der Waals surface area (Å²) in [6.45, 7) is 0.558. The third kappa shape index (κ3) is 3.39. The zero-order valence-electron chi connectivity index (χ0n) is 10.5. The second-order valence-electron chi connectivity index (χ2n) is 4.27. The van der Waals surface area contributed by atoms with Crippen LogP contribution in [0.1, 0.15) is 15.9 Å². The predicted molar refractivity (Wildman–Crippen MR) is 83.6 cm³/mol. The molecule has 0 radical (unpaired) electrons. The fraction of sp³-hybridized carbons (Fsp3) is 0.133. The summed E-state index contributed by atoms with van der Waals surface area (Å²) >= 11 is 7.81. The zero-order chi connectivity index (χ0) is 13.8. The van der Waals surface area contributed by atoms with Crippen LogP contribution in [0.3, 0.4) is 0 Å². The van der Waals surface area contributed by atoms with Crippen molar-refractivity contribution in [2.24, 2.45) is 0 Å². The lowest BCUT2D eigenvalue weighted by Gasteiger charge is -2.19. The highest BCUT2D eigenvalue weighted by Crippen LogP contribution is 2.20. The number of rotatable bonds is 3. The molecule has 0 fully saturated rings. The van der Waals surface area contributed by atoms with Crippen LogP contribution in [0.25, 0.3) is 0 Å². The van der Waals surface area contributed by atoms with Gasteiger partial charge in [-0.2, -0.15) is 0 Å². The maximum atomic E-state index is 12.3. The SMILES string of the molecule is CN(Cc1ccccc1Br)C(=O)c1ccccc1S. The molecule has 4 heteroatoms. The van der Waals surface area contributed by atoms with Crippen molar-refractivity contribution in [3.63, 3.8) is 0 Å². The van der Waals surface area contributed by atoms with E-state index in [9.17, 15) is 4.79 Å². The summed E-state index contributed by atoms with van der Waals surface area (Å²) in [5.74, 6) is -0.0265. The van der Waals surface area contributed by atoms with Crippen LogP contribution in [0.15, 0.2) is 57.9 Å². The molecule has 2 aromatic carbocycles. The number of benzene rings is 2. The molecule has 0 heterocycles. The minimum atomic E-state index is -0.0265. The maximum absolute atomic E-state index is 12.3. The Kier molecular flexibility index (Phi) is 4.66. The van der Waals surface area contributed by atoms with Gasteiger partial charge < -0.3 is 4.90 Å². The van der Waals surface area contributed by atoms with Crippen molar-refractivity contribution in [1.82, 2.24) is 4.90 Å². The van der Waals surface area contributed by atoms with Crippen LogP contribution >= 0.6 is 28.6 Å². The first-order valence-corrected chi connectivity index (χ1v) is 7.10. The van der Waals surface area contributed by atoms with Gasteiger partial charge in [-0.1, -0.05) is 46.3 Å². The first-order chi connectivity index (χ1) is 9.09. The van der Waals surface area contributed by atoms with Crippen molar-refractivity contribution in [3.8, 4) is 0 Å². The van der Waals surface area contributed by atoms with Gasteiger partial charge in [0.15, 0.2) is 0 Å². The summed E-state index contributed by atoms with van der Waals surface area (Å²) in [4.78, 5) is 14.7. The molecule has 2 nitrogen and oxygen atoms in total. The Balaban J connectivity index is 2.17. The Bertz CT molecular complexity index is 600. The van der Waals surface area contributed by atoms with Gasteiger partial charge in [0.25, 0.3) is 5.91 Å². The molecule has 0 bridgehead atoms. The minimum Gasteiger partial charge on any atom is -0.337 e. The number of thiol groups is 1. The maximum Gasteiger partial charge on any atom is 0.255 e. The quantitative estimate of drug-likeness (QED) is 0.840. The van der Waals surface area contributed by atoms with Gasteiger partial charge in [0.05, 0.1) is 5.56 Å². The summed E-state index contributed by atoms with van der Waals surface area (Å²) in [5, 5.41) is 0. The van der Waals surface area contributed by atoms with Gasteiger partial charge in [-0.25, -0.2) is 0 Å². The monoisotopic (exact) mass is 335 g/mol. The smallest absolute Gasteiger partial charge is 0.255 e. The number of carbonyl (C=O) groups excluding carboxylic acids is 1. The van der Waals surface area contributed by atoms with Crippen molar-refractivity contribution < 1.29 is 4.79 Å². The van der Waals surface area contributed by atoms with Crippen LogP contribution in [0.5, 0.6) is 0 Å². The summed E-state index contributed by atoms with van der Waals surface area (Å²) < 4.78 is 1.01. The molecule has 0 aromatic heterocycles. The van der Waals surface area contributed by atoms with Gasteiger partial charge in [0.1, 0.15) is 0 Å². The van der Waals surface area contributed by atoms with E-state index >= 15 is 0 Å². The fourth-order valence-corrected chi connectivity index (χ4v) is 2.48. The van der Waals surface area contributed by atoms with E-state index in [0.717, 1.165) is 10.0 Å². The number of hydrogen-bond acceptors (Lipinski definition) is 2. The molecule has 19 heavy (non-hydrogen) atoms. The van der Waals surface area contributed by atoms with E-state index in [-0.39, 0.29) is 5.91 Å². The molecule has 0 unspecified atom stereocenters. The Labute approximate surface area is 127 Å². The van der Waals surface area contributed by atoms with Crippen LogP contribution in [0.2, 0.25) is 0 Å². The lowest BCUT2D eigenvalue weighted by Crippen LogP contribution is -2.26. The van der Waals surface area contributed by atoms with E-state index in [2.05, 4.69) is 28.6 Å². The lowest BCUT2D eigenvalue weighted by molar-refractivity contribution is 0.0781. The Morgan fingerprint density at radius 3 is 2.47 bits per heavy atom. The molecule has 2 rings (SSSR count). The Hall–Kier alpha value is -1.26. The van der Waals surface area contributed by atoms with Crippen LogP contribution in [-0.2, 0) is 6.54 Å². The lowest BCUT2D eigenvalue weighted by atomic mass is 10.1. The van der Waals surface area contributed by atoms with Crippen molar-refractivity contribution in [3.05, 3.63) is 64.1 Å². The van der Waals surface area contributed by atoms with Crippen LogP contribution in [0.4, 0.5) is 0 Å². The highest BCUT2D eigenvalue weighted by Gasteiger charge is 2.14. The van der Waals surface area contributed by atoms with E-state index in [1.54, 1.807) is 18.0 Å². The number of hydrogen-bond donors (Lipinski definition) is 1. The third-order valence-electron chi connectivity index (χ3n) is 2.85. The molecule has 0 atom stereocenters. The molecule has 2 aromatic rings. The number of amides is 1. The summed E-state index contributed by atoms with van der Waals surface area (Å²) in [6.07, 6.45) is 0. The molecule has 1 amide bonds. The van der Waals surface area contributed by atoms with E-state index in [4.69, 9.17) is 0 Å². The first-order valence-electron chi connectivity index (χ1n) is 5.86. The van der Waals surface area contributed by atoms with Crippen molar-refractivity contribution in [2.45, 2.75) is 11.4 Å². The van der Waals surface area contributed by atoms with Crippen molar-refractivity contribution in [2.75, 3.05) is 7.05 Å². The van der Waals surface area contributed by atoms with Gasteiger partial charge in [-0.05, 0) is 23.8 Å². The highest BCUT2D eigenvalue weighted by molar-refractivity contribution is 9.10. The molecule has 98 valence electrons. The van der Waals surface area contributed by atoms with Crippen LogP contribution in [-0.4, -0.2) is 17.9 Å². The highest BCUT2D eigenvalue weighted by atomic mass is 79.9. The van der Waals surface area contributed by atoms with E-state index < -0.39 is 0 Å². The topological polar surface area (TPSA) is 20.3 Å². The van der Waals surface area contributed by atoms with E-state index in [1.807, 2.05) is 42.5 Å².